The maximum Gasteiger partial charge on any atom is 0.416 e. The maximum atomic E-state index is 13.9. The van der Waals surface area contributed by atoms with Crippen molar-refractivity contribution in [3.8, 4) is 11.5 Å². The zero-order valence-electron chi connectivity index (χ0n) is 18.4. The summed E-state index contributed by atoms with van der Waals surface area (Å²) >= 11 is 6.13. The number of anilines is 2. The molecule has 0 radical (unpaired) electrons. The third-order valence-electron chi connectivity index (χ3n) is 5.11. The van der Waals surface area contributed by atoms with Crippen LogP contribution in [-0.2, 0) is 12.7 Å². The van der Waals surface area contributed by atoms with Gasteiger partial charge in [0.05, 0.1) is 27.2 Å². The standard InChI is InChI=1S/C23H17ClF5N5O2/c1-31-9-11-6-16(32-22(35)10-4-12(23(27,28)29)7-14(26)5-10)20(18-19(11)33-34-21(18)30)36-17-8-13(25)2-3-15(17)24/h2-8,31H,9H2,1H3,(H,32,35)(H3,30,33,34). The first kappa shape index (κ1) is 25.2. The Labute approximate surface area is 205 Å². The van der Waals surface area contributed by atoms with Gasteiger partial charge in [0.1, 0.15) is 17.4 Å². The molecule has 1 aromatic heterocycles. The van der Waals surface area contributed by atoms with Gasteiger partial charge in [-0.15, -0.1) is 0 Å². The second kappa shape index (κ2) is 9.63. The number of nitrogen functional groups attached to an aromatic ring is 1. The van der Waals surface area contributed by atoms with E-state index in [9.17, 15) is 26.7 Å². The van der Waals surface area contributed by atoms with Crippen LogP contribution in [0.25, 0.3) is 10.9 Å². The number of alkyl halides is 3. The number of aromatic amines is 1. The largest absolute Gasteiger partial charge is 0.453 e. The molecule has 0 saturated carbocycles. The van der Waals surface area contributed by atoms with E-state index in [1.165, 1.54) is 12.1 Å². The van der Waals surface area contributed by atoms with Crippen molar-refractivity contribution < 1.29 is 31.5 Å². The molecule has 0 aliphatic rings. The molecule has 4 rings (SSSR count). The van der Waals surface area contributed by atoms with E-state index in [1.807, 2.05) is 0 Å². The molecule has 36 heavy (non-hydrogen) atoms. The molecule has 0 unspecified atom stereocenters. The maximum absolute atomic E-state index is 13.9. The minimum Gasteiger partial charge on any atom is -0.453 e. The van der Waals surface area contributed by atoms with Crippen LogP contribution >= 0.6 is 11.6 Å². The molecule has 1 amide bonds. The number of rotatable bonds is 6. The number of H-pyrrole nitrogens is 1. The van der Waals surface area contributed by atoms with Crippen LogP contribution in [0.2, 0.25) is 5.02 Å². The Morgan fingerprint density at radius 3 is 2.58 bits per heavy atom. The van der Waals surface area contributed by atoms with E-state index in [0.717, 1.165) is 12.1 Å². The zero-order chi connectivity index (χ0) is 26.2. The van der Waals surface area contributed by atoms with E-state index in [0.29, 0.717) is 23.2 Å². The van der Waals surface area contributed by atoms with Crippen LogP contribution in [0.5, 0.6) is 11.5 Å². The van der Waals surface area contributed by atoms with E-state index >= 15 is 0 Å². The minimum absolute atomic E-state index is 0.0307. The first-order chi connectivity index (χ1) is 17.0. The normalized spacial score (nSPS) is 11.6. The number of carbonyl (C=O) groups is 1. The van der Waals surface area contributed by atoms with Crippen molar-refractivity contribution >= 4 is 39.9 Å². The number of aromatic nitrogens is 2. The van der Waals surface area contributed by atoms with Crippen LogP contribution in [0.3, 0.4) is 0 Å². The lowest BCUT2D eigenvalue weighted by atomic mass is 10.1. The second-order valence-electron chi connectivity index (χ2n) is 7.66. The molecule has 188 valence electrons. The highest BCUT2D eigenvalue weighted by atomic mass is 35.5. The first-order valence-electron chi connectivity index (χ1n) is 10.2. The van der Waals surface area contributed by atoms with Gasteiger partial charge in [-0.25, -0.2) is 8.78 Å². The first-order valence-corrected chi connectivity index (χ1v) is 10.6. The average Bonchev–Trinajstić information content (AvgIpc) is 3.19. The third kappa shape index (κ3) is 5.04. The number of nitrogens with two attached hydrogens (primary N) is 1. The number of halogens is 6. The van der Waals surface area contributed by atoms with Gasteiger partial charge in [0, 0.05) is 18.2 Å². The summed E-state index contributed by atoms with van der Waals surface area (Å²) in [5.74, 6) is -3.24. The molecule has 0 atom stereocenters. The summed E-state index contributed by atoms with van der Waals surface area (Å²) in [5.41, 5.74) is 5.03. The van der Waals surface area contributed by atoms with Crippen molar-refractivity contribution in [2.24, 2.45) is 0 Å². The van der Waals surface area contributed by atoms with Gasteiger partial charge < -0.3 is 21.1 Å². The summed E-state index contributed by atoms with van der Waals surface area (Å²) in [4.78, 5) is 12.9. The van der Waals surface area contributed by atoms with Gasteiger partial charge in [-0.2, -0.15) is 18.3 Å². The molecule has 0 aliphatic heterocycles. The van der Waals surface area contributed by atoms with E-state index in [-0.39, 0.29) is 46.0 Å². The molecule has 0 bridgehead atoms. The molecular formula is C23H17ClF5N5O2. The Bertz CT molecular complexity index is 1470. The number of hydrogen-bond donors (Lipinski definition) is 4. The van der Waals surface area contributed by atoms with Crippen LogP contribution in [0.1, 0.15) is 21.5 Å². The Morgan fingerprint density at radius 1 is 1.14 bits per heavy atom. The van der Waals surface area contributed by atoms with Crippen LogP contribution in [0.15, 0.2) is 42.5 Å². The molecule has 4 aromatic rings. The van der Waals surface area contributed by atoms with Crippen molar-refractivity contribution in [2.75, 3.05) is 18.1 Å². The Balaban J connectivity index is 1.86. The molecule has 0 aliphatic carbocycles. The molecule has 13 heteroatoms. The van der Waals surface area contributed by atoms with Gasteiger partial charge in [-0.05, 0) is 49.0 Å². The van der Waals surface area contributed by atoms with Crippen LogP contribution in [0.4, 0.5) is 33.5 Å². The fourth-order valence-corrected chi connectivity index (χ4v) is 3.69. The molecule has 0 spiro atoms. The monoisotopic (exact) mass is 525 g/mol. The molecule has 0 fully saturated rings. The number of amides is 1. The molecule has 5 N–H and O–H groups in total. The lowest BCUT2D eigenvalue weighted by molar-refractivity contribution is -0.137. The van der Waals surface area contributed by atoms with E-state index in [1.54, 1.807) is 7.05 Å². The topological polar surface area (TPSA) is 105 Å². The second-order valence-corrected chi connectivity index (χ2v) is 8.07. The smallest absolute Gasteiger partial charge is 0.416 e. The predicted octanol–water partition coefficient (Wildman–Crippen LogP) is 5.86. The van der Waals surface area contributed by atoms with Gasteiger partial charge in [0.15, 0.2) is 11.6 Å². The third-order valence-corrected chi connectivity index (χ3v) is 5.43. The summed E-state index contributed by atoms with van der Waals surface area (Å²) in [5, 5.41) is 12.3. The lowest BCUT2D eigenvalue weighted by Gasteiger charge is -2.17. The van der Waals surface area contributed by atoms with Gasteiger partial charge >= 0.3 is 6.18 Å². The van der Waals surface area contributed by atoms with Crippen molar-refractivity contribution in [2.45, 2.75) is 12.7 Å². The van der Waals surface area contributed by atoms with Gasteiger partial charge in [-0.1, -0.05) is 11.6 Å². The number of benzene rings is 3. The molecular weight excluding hydrogens is 509 g/mol. The summed E-state index contributed by atoms with van der Waals surface area (Å²) in [6.07, 6.45) is -4.87. The Morgan fingerprint density at radius 2 is 1.89 bits per heavy atom. The predicted molar refractivity (Wildman–Crippen MR) is 124 cm³/mol. The Kier molecular flexibility index (Phi) is 6.74. The number of ether oxygens (including phenoxy) is 1. The summed E-state index contributed by atoms with van der Waals surface area (Å²) in [6, 6.07) is 6.27. The number of nitrogens with one attached hydrogen (secondary N) is 3. The Hall–Kier alpha value is -3.90. The number of nitrogens with zero attached hydrogens (tertiary/aromatic N) is 1. The quantitative estimate of drug-likeness (QED) is 0.236. The van der Waals surface area contributed by atoms with Crippen LogP contribution in [-0.4, -0.2) is 23.2 Å². The highest BCUT2D eigenvalue weighted by molar-refractivity contribution is 6.32. The van der Waals surface area contributed by atoms with Crippen molar-refractivity contribution in [1.82, 2.24) is 15.5 Å². The van der Waals surface area contributed by atoms with E-state index in [4.69, 9.17) is 22.1 Å². The summed E-state index contributed by atoms with van der Waals surface area (Å²) in [7, 11) is 1.66. The highest BCUT2D eigenvalue weighted by Crippen LogP contribution is 2.43. The fraction of sp³-hybridized carbons (Fsp3) is 0.130. The minimum atomic E-state index is -4.87. The molecule has 3 aromatic carbocycles. The van der Waals surface area contributed by atoms with Crippen molar-refractivity contribution in [3.05, 3.63) is 75.8 Å². The summed E-state index contributed by atoms with van der Waals surface area (Å²) in [6.45, 7) is 0.264. The molecule has 0 saturated heterocycles. The number of hydrogen-bond acceptors (Lipinski definition) is 5. The lowest BCUT2D eigenvalue weighted by Crippen LogP contribution is -2.16. The SMILES string of the molecule is CNCc1cc(NC(=O)c2cc(F)cc(C(F)(F)F)c2)c(Oc2cc(F)ccc2Cl)c2c(N)n[nH]c12. The highest BCUT2D eigenvalue weighted by Gasteiger charge is 2.32. The fourth-order valence-electron chi connectivity index (χ4n) is 3.54. The van der Waals surface area contributed by atoms with Gasteiger partial charge in [0.2, 0.25) is 0 Å². The van der Waals surface area contributed by atoms with Crippen LogP contribution in [0, 0.1) is 11.6 Å². The van der Waals surface area contributed by atoms with Crippen molar-refractivity contribution in [3.63, 3.8) is 0 Å². The number of carbonyl (C=O) groups excluding carboxylic acids is 1. The molecule has 1 heterocycles. The van der Waals surface area contributed by atoms with Crippen molar-refractivity contribution in [1.29, 1.82) is 0 Å². The summed E-state index contributed by atoms with van der Waals surface area (Å²) < 4.78 is 73.0. The molecule has 7 nitrogen and oxygen atoms in total. The van der Waals surface area contributed by atoms with E-state index < -0.39 is 34.8 Å². The average molecular weight is 526 g/mol. The zero-order valence-corrected chi connectivity index (χ0v) is 19.1. The number of fused-ring (bicyclic) bond motifs is 1. The van der Waals surface area contributed by atoms with Gasteiger partial charge in [-0.3, -0.25) is 9.89 Å². The van der Waals surface area contributed by atoms with Gasteiger partial charge in [0.25, 0.3) is 5.91 Å². The van der Waals surface area contributed by atoms with E-state index in [2.05, 4.69) is 20.8 Å². The van der Waals surface area contributed by atoms with Crippen LogP contribution < -0.4 is 21.1 Å².